The van der Waals surface area contributed by atoms with Gasteiger partial charge in [0.05, 0.1) is 6.42 Å². The molecular weight excluding hydrogens is 361 g/mol. The maximum Gasteiger partial charge on any atom is 1.00 e. The zero-order chi connectivity index (χ0) is 14.7. The van der Waals surface area contributed by atoms with Crippen molar-refractivity contribution in [2.24, 2.45) is 0 Å². The minimum atomic E-state index is -0.982. The minimum Gasteiger partial charge on any atom is -0.481 e. The Bertz CT molecular complexity index is 674. The smallest absolute Gasteiger partial charge is 0.481 e. The number of nitrogens with two attached hydrogens (primary N) is 1. The summed E-state index contributed by atoms with van der Waals surface area (Å²) in [6, 6.07) is 11.8. The number of carboxylic acid groups (broad SMARTS) is 1. The Morgan fingerprint density at radius 3 is 2.23 bits per heavy atom. The van der Waals surface area contributed by atoms with Crippen LogP contribution in [0, 0.1) is 0 Å². The van der Waals surface area contributed by atoms with Crippen LogP contribution in [0.5, 0.6) is 0 Å². The van der Waals surface area contributed by atoms with Gasteiger partial charge in [-0.05, 0) is 35.9 Å². The number of carboxylic acids is 1. The van der Waals surface area contributed by atoms with Crippen molar-refractivity contribution < 1.29 is 49.7 Å². The normalized spacial score (nSPS) is 9.32. The fourth-order valence-electron chi connectivity index (χ4n) is 1.88. The molecule has 0 aromatic heterocycles. The van der Waals surface area contributed by atoms with Gasteiger partial charge in [0.2, 0.25) is 0 Å². The van der Waals surface area contributed by atoms with Crippen LogP contribution >= 0.6 is 15.9 Å². The van der Waals surface area contributed by atoms with Crippen LogP contribution in [0.1, 0.15) is 21.5 Å². The standard InChI is InChI=1S/C15H12BrNO3.Na.H2O/c16-11-6-4-9(5-7-11)15(20)12-3-1-2-10(14(12)17)8-13(18)19;;/h1-7H,8,17H2,(H,18,19);;1H2/q;+1;. The molecule has 2 aromatic carbocycles. The van der Waals surface area contributed by atoms with Gasteiger partial charge >= 0.3 is 35.5 Å². The second-order valence-electron chi connectivity index (χ2n) is 4.28. The van der Waals surface area contributed by atoms with E-state index < -0.39 is 5.97 Å². The summed E-state index contributed by atoms with van der Waals surface area (Å²) in [4.78, 5) is 23.1. The number of halogens is 1. The molecule has 2 rings (SSSR count). The van der Waals surface area contributed by atoms with Crippen molar-refractivity contribution in [1.29, 1.82) is 0 Å². The van der Waals surface area contributed by atoms with Gasteiger partial charge in [-0.2, -0.15) is 0 Å². The molecule has 0 bridgehead atoms. The number of benzene rings is 2. The number of anilines is 1. The van der Waals surface area contributed by atoms with E-state index >= 15 is 0 Å². The second-order valence-corrected chi connectivity index (χ2v) is 5.20. The first-order valence-corrected chi connectivity index (χ1v) is 6.68. The number of hydrogen-bond acceptors (Lipinski definition) is 3. The number of aliphatic carboxylic acids is 1. The average molecular weight is 375 g/mol. The first-order valence-electron chi connectivity index (χ1n) is 5.88. The summed E-state index contributed by atoms with van der Waals surface area (Å²) < 4.78 is 0.877. The molecule has 0 amide bonds. The fourth-order valence-corrected chi connectivity index (χ4v) is 2.15. The Morgan fingerprint density at radius 2 is 1.68 bits per heavy atom. The van der Waals surface area contributed by atoms with Crippen LogP contribution < -0.4 is 35.3 Å². The van der Waals surface area contributed by atoms with Gasteiger partial charge in [-0.25, -0.2) is 0 Å². The fraction of sp³-hybridized carbons (Fsp3) is 0.0667. The van der Waals surface area contributed by atoms with Gasteiger partial charge in [-0.3, -0.25) is 9.59 Å². The molecule has 0 fully saturated rings. The van der Waals surface area contributed by atoms with Crippen molar-refractivity contribution in [3.63, 3.8) is 0 Å². The molecule has 5 N–H and O–H groups in total. The van der Waals surface area contributed by atoms with Crippen LogP contribution in [0.15, 0.2) is 46.9 Å². The van der Waals surface area contributed by atoms with Crippen LogP contribution in [0.4, 0.5) is 5.69 Å². The summed E-state index contributed by atoms with van der Waals surface area (Å²) in [6.45, 7) is 0. The molecule has 0 atom stereocenters. The van der Waals surface area contributed by atoms with E-state index in [0.717, 1.165) is 4.47 Å². The Labute approximate surface area is 158 Å². The van der Waals surface area contributed by atoms with E-state index in [2.05, 4.69) is 15.9 Å². The summed E-state index contributed by atoms with van der Waals surface area (Å²) >= 11 is 3.30. The van der Waals surface area contributed by atoms with E-state index in [1.807, 2.05) is 0 Å². The summed E-state index contributed by atoms with van der Waals surface area (Å²) in [6.07, 6.45) is -0.201. The molecule has 22 heavy (non-hydrogen) atoms. The van der Waals surface area contributed by atoms with Crippen molar-refractivity contribution in [1.82, 2.24) is 0 Å². The van der Waals surface area contributed by atoms with Crippen LogP contribution in [0.2, 0.25) is 0 Å². The quantitative estimate of drug-likeness (QED) is 0.409. The largest absolute Gasteiger partial charge is 1.00 e. The third-order valence-corrected chi connectivity index (χ3v) is 3.42. The molecule has 0 radical (unpaired) electrons. The molecule has 0 saturated carbocycles. The molecule has 2 aromatic rings. The molecule has 0 spiro atoms. The van der Waals surface area contributed by atoms with Gasteiger partial charge in [-0.1, -0.05) is 28.1 Å². The Kier molecular flexibility index (Phi) is 8.58. The third-order valence-electron chi connectivity index (χ3n) is 2.89. The zero-order valence-corrected chi connectivity index (χ0v) is 15.6. The topological polar surface area (TPSA) is 112 Å². The van der Waals surface area contributed by atoms with Crippen LogP contribution in [-0.4, -0.2) is 22.3 Å². The second kappa shape index (κ2) is 9.07. The van der Waals surface area contributed by atoms with Gasteiger partial charge in [0.25, 0.3) is 0 Å². The van der Waals surface area contributed by atoms with E-state index in [9.17, 15) is 9.59 Å². The number of rotatable bonds is 4. The Morgan fingerprint density at radius 1 is 1.09 bits per heavy atom. The minimum absolute atomic E-state index is 0. The van der Waals surface area contributed by atoms with Crippen molar-refractivity contribution in [3.8, 4) is 0 Å². The monoisotopic (exact) mass is 374 g/mol. The molecule has 5 nitrogen and oxygen atoms in total. The van der Waals surface area contributed by atoms with E-state index in [0.29, 0.717) is 16.7 Å². The molecule has 7 heteroatoms. The third kappa shape index (κ3) is 4.93. The summed E-state index contributed by atoms with van der Waals surface area (Å²) in [7, 11) is 0. The van der Waals surface area contributed by atoms with Crippen molar-refractivity contribution in [2.45, 2.75) is 6.42 Å². The van der Waals surface area contributed by atoms with E-state index in [1.54, 1.807) is 42.5 Å². The summed E-state index contributed by atoms with van der Waals surface area (Å²) in [5, 5.41) is 8.82. The molecular formula is C15H14BrNNaO4+. The van der Waals surface area contributed by atoms with Crippen LogP contribution in [-0.2, 0) is 11.2 Å². The predicted octanol–water partition coefficient (Wildman–Crippen LogP) is -0.931. The SMILES string of the molecule is Nc1c(CC(=O)O)cccc1C(=O)c1ccc(Br)cc1.O.[Na+]. The number of nitrogen functional groups attached to an aromatic ring is 1. The Balaban J connectivity index is 0.00000220. The predicted molar refractivity (Wildman–Crippen MR) is 83.4 cm³/mol. The average Bonchev–Trinajstić information content (AvgIpc) is 2.41. The zero-order valence-electron chi connectivity index (χ0n) is 12.0. The molecule has 0 aliphatic rings. The number of para-hydroxylation sites is 1. The first-order chi connectivity index (χ1) is 9.49. The van der Waals surface area contributed by atoms with E-state index in [1.165, 1.54) is 0 Å². The summed E-state index contributed by atoms with van der Waals surface area (Å²) in [5.74, 6) is -1.20. The van der Waals surface area contributed by atoms with Gasteiger partial charge in [0.1, 0.15) is 0 Å². The molecule has 0 heterocycles. The van der Waals surface area contributed by atoms with Crippen LogP contribution in [0.25, 0.3) is 0 Å². The van der Waals surface area contributed by atoms with Crippen molar-refractivity contribution >= 4 is 33.4 Å². The Hall–Kier alpha value is -1.18. The van der Waals surface area contributed by atoms with Gasteiger partial charge < -0.3 is 16.3 Å². The van der Waals surface area contributed by atoms with Crippen molar-refractivity contribution in [3.05, 3.63) is 63.6 Å². The molecule has 0 saturated heterocycles. The molecule has 0 aliphatic carbocycles. The maximum atomic E-state index is 12.4. The number of carbonyl (C=O) groups excluding carboxylic acids is 1. The molecule has 110 valence electrons. The number of hydrogen-bond donors (Lipinski definition) is 2. The molecule has 0 aliphatic heterocycles. The number of ketones is 1. The van der Waals surface area contributed by atoms with E-state index in [-0.39, 0.29) is 52.9 Å². The van der Waals surface area contributed by atoms with Gasteiger partial charge in [0.15, 0.2) is 5.78 Å². The summed E-state index contributed by atoms with van der Waals surface area (Å²) in [5.41, 5.74) is 7.41. The van der Waals surface area contributed by atoms with E-state index in [4.69, 9.17) is 10.8 Å². The number of carbonyl (C=O) groups is 2. The van der Waals surface area contributed by atoms with Crippen molar-refractivity contribution in [2.75, 3.05) is 5.73 Å². The first kappa shape index (κ1) is 20.8. The molecule has 0 unspecified atom stereocenters. The van der Waals surface area contributed by atoms with Gasteiger partial charge in [0, 0.05) is 21.3 Å². The van der Waals surface area contributed by atoms with Crippen LogP contribution in [0.3, 0.4) is 0 Å². The maximum absolute atomic E-state index is 12.4. The van der Waals surface area contributed by atoms with Gasteiger partial charge in [-0.15, -0.1) is 0 Å².